The number of para-hydroxylation sites is 1. The number of aromatic carboxylic acids is 1. The Morgan fingerprint density at radius 3 is 2.89 bits per heavy atom. The van der Waals surface area contributed by atoms with Crippen molar-refractivity contribution in [2.24, 2.45) is 0 Å². The summed E-state index contributed by atoms with van der Waals surface area (Å²) in [6, 6.07) is 4.81. The van der Waals surface area contributed by atoms with E-state index in [-0.39, 0.29) is 30.1 Å². The number of rotatable bonds is 6. The van der Waals surface area contributed by atoms with Crippen LogP contribution in [0.25, 0.3) is 0 Å². The summed E-state index contributed by atoms with van der Waals surface area (Å²) >= 11 is 0. The second-order valence-electron chi connectivity index (χ2n) is 7.01. The molecule has 27 heavy (non-hydrogen) atoms. The summed E-state index contributed by atoms with van der Waals surface area (Å²) < 4.78 is 6.94. The molecule has 2 aromatic rings. The zero-order valence-corrected chi connectivity index (χ0v) is 14.5. The standard InChI is InChI=1S/C17H19BN4O5/c23-13(8-22-9-15(20-21-22)11-6-19-7-11)5-12-4-10-2-1-3-14(17(24)25)16(10)27-18(12)26/h1-3,9,11-12,19,26H,4-8H2,(H,24,25)/t12-/m1/s1. The largest absolute Gasteiger partial charge is 0.535 e. The number of fused-ring (bicyclic) bond motifs is 1. The SMILES string of the molecule is O=C(C[C@H]1Cc2cccc(C(=O)O)c2OB1O)Cn1cc(C2CNC2)nn1. The summed E-state index contributed by atoms with van der Waals surface area (Å²) in [5, 5.41) is 30.7. The van der Waals surface area contributed by atoms with Gasteiger partial charge in [-0.2, -0.15) is 0 Å². The van der Waals surface area contributed by atoms with Crippen molar-refractivity contribution >= 4 is 18.9 Å². The number of ketones is 1. The van der Waals surface area contributed by atoms with Crippen molar-refractivity contribution in [2.45, 2.75) is 31.1 Å². The molecule has 10 heteroatoms. The monoisotopic (exact) mass is 370 g/mol. The first-order valence-corrected chi connectivity index (χ1v) is 8.83. The maximum Gasteiger partial charge on any atom is 0.526 e. The van der Waals surface area contributed by atoms with Gasteiger partial charge in [-0.25, -0.2) is 9.48 Å². The van der Waals surface area contributed by atoms with Gasteiger partial charge >= 0.3 is 13.1 Å². The van der Waals surface area contributed by atoms with E-state index in [1.165, 1.54) is 10.7 Å². The summed E-state index contributed by atoms with van der Waals surface area (Å²) in [4.78, 5) is 23.7. The smallest absolute Gasteiger partial charge is 0.526 e. The van der Waals surface area contributed by atoms with Gasteiger partial charge in [-0.05, 0) is 18.1 Å². The highest BCUT2D eigenvalue weighted by Crippen LogP contribution is 2.36. The normalized spacial score (nSPS) is 19.1. The summed E-state index contributed by atoms with van der Waals surface area (Å²) in [5.74, 6) is -1.12. The Balaban J connectivity index is 1.40. The first kappa shape index (κ1) is 17.7. The maximum absolute atomic E-state index is 12.4. The molecule has 4 rings (SSSR count). The van der Waals surface area contributed by atoms with E-state index in [9.17, 15) is 19.7 Å². The quantitative estimate of drug-likeness (QED) is 0.612. The van der Waals surface area contributed by atoms with Gasteiger partial charge < -0.3 is 20.1 Å². The molecule has 9 nitrogen and oxygen atoms in total. The van der Waals surface area contributed by atoms with Gasteiger partial charge in [0.25, 0.3) is 0 Å². The van der Waals surface area contributed by atoms with Crippen molar-refractivity contribution in [1.29, 1.82) is 0 Å². The van der Waals surface area contributed by atoms with Gasteiger partial charge in [0.05, 0.1) is 11.3 Å². The number of hydrogen-bond acceptors (Lipinski definition) is 7. The summed E-state index contributed by atoms with van der Waals surface area (Å²) in [6.45, 7) is 1.82. The number of carbonyl (C=O) groups is 2. The molecule has 0 aliphatic carbocycles. The third-order valence-corrected chi connectivity index (χ3v) is 5.04. The van der Waals surface area contributed by atoms with Crippen molar-refractivity contribution in [3.63, 3.8) is 0 Å². The molecule has 0 bridgehead atoms. The van der Waals surface area contributed by atoms with Crippen LogP contribution in [0.15, 0.2) is 24.4 Å². The topological polar surface area (TPSA) is 127 Å². The molecule has 0 amide bonds. The van der Waals surface area contributed by atoms with E-state index in [1.54, 1.807) is 18.3 Å². The summed E-state index contributed by atoms with van der Waals surface area (Å²) in [5.41, 5.74) is 1.56. The fraction of sp³-hybridized carbons (Fsp3) is 0.412. The van der Waals surface area contributed by atoms with Crippen LogP contribution in [0.5, 0.6) is 5.75 Å². The minimum Gasteiger partial charge on any atom is -0.535 e. The Bertz CT molecular complexity index is 882. The zero-order valence-electron chi connectivity index (χ0n) is 14.5. The Kier molecular flexibility index (Phi) is 4.67. The lowest BCUT2D eigenvalue weighted by molar-refractivity contribution is -0.120. The van der Waals surface area contributed by atoms with Gasteiger partial charge in [0, 0.05) is 37.4 Å². The highest BCUT2D eigenvalue weighted by molar-refractivity contribution is 6.47. The lowest BCUT2D eigenvalue weighted by Gasteiger charge is -2.28. The van der Waals surface area contributed by atoms with Crippen molar-refractivity contribution < 1.29 is 24.4 Å². The minimum absolute atomic E-state index is 0.0111. The van der Waals surface area contributed by atoms with Gasteiger partial charge in [-0.3, -0.25) is 4.79 Å². The molecule has 2 aliphatic heterocycles. The predicted octanol–water partition coefficient (Wildman–Crippen LogP) is 0.108. The van der Waals surface area contributed by atoms with Crippen LogP contribution in [0.4, 0.5) is 0 Å². The Labute approximate surface area is 155 Å². The number of carboxylic acids is 1. The number of hydrogen-bond donors (Lipinski definition) is 3. The van der Waals surface area contributed by atoms with Crippen LogP contribution in [-0.2, 0) is 17.8 Å². The lowest BCUT2D eigenvalue weighted by atomic mass is 9.64. The number of aromatic nitrogens is 3. The minimum atomic E-state index is -1.23. The van der Waals surface area contributed by atoms with Crippen molar-refractivity contribution in [3.8, 4) is 5.75 Å². The average Bonchev–Trinajstić information content (AvgIpc) is 3.00. The number of carboxylic acid groups (broad SMARTS) is 1. The number of nitrogens with zero attached hydrogens (tertiary/aromatic N) is 3. The highest BCUT2D eigenvalue weighted by atomic mass is 16.5. The third kappa shape index (κ3) is 3.58. The van der Waals surface area contributed by atoms with E-state index in [0.717, 1.165) is 18.8 Å². The van der Waals surface area contributed by atoms with Crippen LogP contribution in [-0.4, -0.2) is 57.1 Å². The predicted molar refractivity (Wildman–Crippen MR) is 94.7 cm³/mol. The van der Waals surface area contributed by atoms with Gasteiger partial charge in [0.1, 0.15) is 12.3 Å². The Morgan fingerprint density at radius 1 is 1.37 bits per heavy atom. The van der Waals surface area contributed by atoms with Crippen molar-refractivity contribution in [3.05, 3.63) is 41.2 Å². The molecule has 3 heterocycles. The molecule has 0 saturated carbocycles. The van der Waals surface area contributed by atoms with Gasteiger partial charge in [0.2, 0.25) is 0 Å². The van der Waals surface area contributed by atoms with Crippen LogP contribution in [0.1, 0.15) is 34.0 Å². The molecule has 1 fully saturated rings. The fourth-order valence-electron chi connectivity index (χ4n) is 3.44. The van der Waals surface area contributed by atoms with Gasteiger partial charge in [0.15, 0.2) is 5.78 Å². The summed E-state index contributed by atoms with van der Waals surface area (Å²) in [6.07, 6.45) is 2.27. The first-order chi connectivity index (χ1) is 13.0. The van der Waals surface area contributed by atoms with Gasteiger partial charge in [-0.15, -0.1) is 5.10 Å². The Morgan fingerprint density at radius 2 is 2.19 bits per heavy atom. The summed E-state index contributed by atoms with van der Waals surface area (Å²) in [7, 11) is -1.23. The molecule has 0 unspecified atom stereocenters. The second kappa shape index (κ2) is 7.13. The van der Waals surface area contributed by atoms with Crippen LogP contribution in [0.3, 0.4) is 0 Å². The molecule has 0 radical (unpaired) electrons. The molecule has 140 valence electrons. The molecular formula is C17H19BN4O5. The van der Waals surface area contributed by atoms with Crippen LogP contribution in [0.2, 0.25) is 5.82 Å². The Hall–Kier alpha value is -2.72. The van der Waals surface area contributed by atoms with Crippen LogP contribution < -0.4 is 9.97 Å². The van der Waals surface area contributed by atoms with E-state index in [2.05, 4.69) is 15.6 Å². The van der Waals surface area contributed by atoms with Crippen LogP contribution >= 0.6 is 0 Å². The lowest BCUT2D eigenvalue weighted by Crippen LogP contribution is -2.40. The van der Waals surface area contributed by atoms with Crippen molar-refractivity contribution in [2.75, 3.05) is 13.1 Å². The average molecular weight is 370 g/mol. The van der Waals surface area contributed by atoms with Crippen LogP contribution in [0, 0.1) is 0 Å². The molecule has 1 aromatic heterocycles. The number of Topliss-reactive ketones (excluding diaryl/α,β-unsaturated/α-hetero) is 1. The van der Waals surface area contributed by atoms with E-state index >= 15 is 0 Å². The molecule has 0 spiro atoms. The van der Waals surface area contributed by atoms with E-state index in [1.807, 2.05) is 0 Å². The number of benzene rings is 1. The molecule has 1 atom stereocenters. The van der Waals surface area contributed by atoms with Crippen molar-refractivity contribution in [1.82, 2.24) is 20.3 Å². The van der Waals surface area contributed by atoms with Gasteiger partial charge in [-0.1, -0.05) is 17.3 Å². The highest BCUT2D eigenvalue weighted by Gasteiger charge is 2.37. The molecule has 1 saturated heterocycles. The molecule has 3 N–H and O–H groups in total. The number of nitrogens with one attached hydrogen (secondary N) is 1. The zero-order chi connectivity index (χ0) is 19.0. The van der Waals surface area contributed by atoms with E-state index in [4.69, 9.17) is 4.65 Å². The molecule has 2 aliphatic rings. The maximum atomic E-state index is 12.4. The molecular weight excluding hydrogens is 351 g/mol. The second-order valence-corrected chi connectivity index (χ2v) is 7.01. The van der Waals surface area contributed by atoms with E-state index < -0.39 is 18.9 Å². The van der Waals surface area contributed by atoms with E-state index in [0.29, 0.717) is 17.9 Å². The number of carbonyl (C=O) groups excluding carboxylic acids is 1. The molecule has 1 aromatic carbocycles. The fourth-order valence-corrected chi connectivity index (χ4v) is 3.44. The first-order valence-electron chi connectivity index (χ1n) is 8.83. The third-order valence-electron chi connectivity index (χ3n) is 5.04.